The van der Waals surface area contributed by atoms with Crippen molar-refractivity contribution in [2.24, 2.45) is 0 Å². The summed E-state index contributed by atoms with van der Waals surface area (Å²) in [6.45, 7) is 1.18. The summed E-state index contributed by atoms with van der Waals surface area (Å²) in [7, 11) is -2.15. The van der Waals surface area contributed by atoms with Crippen molar-refractivity contribution in [1.29, 1.82) is 0 Å². The zero-order valence-electron chi connectivity index (χ0n) is 15.4. The molecule has 9 heteroatoms. The number of nitrogens with zero attached hydrogens (tertiary/aromatic N) is 3. The van der Waals surface area contributed by atoms with E-state index < -0.39 is 16.1 Å². The van der Waals surface area contributed by atoms with Crippen molar-refractivity contribution in [3.05, 3.63) is 72.8 Å². The topological polar surface area (TPSA) is 95.3 Å². The maximum Gasteiger partial charge on any atom is 0.241 e. The lowest BCUT2D eigenvalue weighted by molar-refractivity contribution is 0.146. The molecule has 8 nitrogen and oxygen atoms in total. The molecule has 0 aliphatic heterocycles. The molecule has 0 fully saturated rings. The molecule has 0 amide bonds. The number of benzene rings is 2. The van der Waals surface area contributed by atoms with Crippen LogP contribution in [0.15, 0.2) is 72.1 Å². The predicted molar refractivity (Wildman–Crippen MR) is 103 cm³/mol. The lowest BCUT2D eigenvalue weighted by Crippen LogP contribution is -2.31. The van der Waals surface area contributed by atoms with E-state index in [9.17, 15) is 8.42 Å². The van der Waals surface area contributed by atoms with E-state index in [1.807, 2.05) is 30.3 Å². The number of hydrogen-bond acceptors (Lipinski definition) is 6. The van der Waals surface area contributed by atoms with Gasteiger partial charge in [0.2, 0.25) is 10.0 Å². The van der Waals surface area contributed by atoms with Crippen molar-refractivity contribution < 1.29 is 17.9 Å². The molecule has 148 valence electrons. The molecule has 0 aliphatic rings. The minimum atomic E-state index is -3.74. The molecule has 3 aromatic rings. The molecule has 1 unspecified atom stereocenters. The number of hydrogen-bond donors (Lipinski definition) is 1. The van der Waals surface area contributed by atoms with Crippen molar-refractivity contribution in [2.45, 2.75) is 17.5 Å². The van der Waals surface area contributed by atoms with E-state index in [1.54, 1.807) is 30.3 Å². The van der Waals surface area contributed by atoms with Gasteiger partial charge >= 0.3 is 0 Å². The smallest absolute Gasteiger partial charge is 0.241 e. The minimum absolute atomic E-state index is 0.158. The average molecular weight is 402 g/mol. The van der Waals surface area contributed by atoms with E-state index in [4.69, 9.17) is 9.47 Å². The Labute approximate surface area is 164 Å². The Bertz CT molecular complexity index is 945. The van der Waals surface area contributed by atoms with E-state index >= 15 is 0 Å². The van der Waals surface area contributed by atoms with Gasteiger partial charge in [-0.15, -0.1) is 0 Å². The van der Waals surface area contributed by atoms with E-state index in [1.165, 1.54) is 18.5 Å². The zero-order valence-corrected chi connectivity index (χ0v) is 16.2. The van der Waals surface area contributed by atoms with Crippen LogP contribution in [0.2, 0.25) is 0 Å². The third kappa shape index (κ3) is 5.38. The van der Waals surface area contributed by atoms with Crippen molar-refractivity contribution >= 4 is 10.0 Å². The van der Waals surface area contributed by atoms with Crippen molar-refractivity contribution in [1.82, 2.24) is 19.5 Å². The Morgan fingerprint density at radius 1 is 1.07 bits per heavy atom. The van der Waals surface area contributed by atoms with Crippen LogP contribution in [-0.2, 0) is 21.3 Å². The number of ether oxygens (including phenoxy) is 2. The zero-order chi connectivity index (χ0) is 19.8. The van der Waals surface area contributed by atoms with E-state index in [0.717, 1.165) is 5.56 Å². The first kappa shape index (κ1) is 20.0. The van der Waals surface area contributed by atoms with Crippen LogP contribution in [-0.4, -0.2) is 43.5 Å². The Balaban J connectivity index is 1.77. The van der Waals surface area contributed by atoms with Crippen LogP contribution in [0.4, 0.5) is 0 Å². The van der Waals surface area contributed by atoms with Crippen LogP contribution in [0.5, 0.6) is 5.75 Å². The molecule has 0 aliphatic carbocycles. The molecule has 2 aromatic carbocycles. The SMILES string of the molecule is COCCOc1ccc(S(=O)(=O)NC(Cn2cncn2)c2ccccc2)cc1. The standard InChI is InChI=1S/C19H22N4O4S/c1-26-11-12-27-17-7-9-18(10-8-17)28(24,25)22-19(13-23-15-20-14-21-23)16-5-3-2-4-6-16/h2-10,14-15,19,22H,11-13H2,1H3. The van der Waals surface area contributed by atoms with Gasteiger partial charge in [0.1, 0.15) is 25.0 Å². The van der Waals surface area contributed by atoms with Gasteiger partial charge in [-0.25, -0.2) is 18.1 Å². The number of aromatic nitrogens is 3. The summed E-state index contributed by atoms with van der Waals surface area (Å²) in [6, 6.07) is 15.1. The summed E-state index contributed by atoms with van der Waals surface area (Å²) in [5.41, 5.74) is 0.834. The van der Waals surface area contributed by atoms with Crippen molar-refractivity contribution in [2.75, 3.05) is 20.3 Å². The second-order valence-corrected chi connectivity index (χ2v) is 7.73. The molecule has 1 heterocycles. The number of sulfonamides is 1. The van der Waals surface area contributed by atoms with Gasteiger partial charge in [-0.3, -0.25) is 4.68 Å². The highest BCUT2D eigenvalue weighted by atomic mass is 32.2. The fourth-order valence-corrected chi connectivity index (χ4v) is 3.84. The highest BCUT2D eigenvalue weighted by Gasteiger charge is 2.22. The molecular weight excluding hydrogens is 380 g/mol. The molecule has 0 bridgehead atoms. The summed E-state index contributed by atoms with van der Waals surface area (Å²) in [6.07, 6.45) is 2.97. The highest BCUT2D eigenvalue weighted by Crippen LogP contribution is 2.21. The second kappa shape index (κ2) is 9.45. The maximum atomic E-state index is 12.9. The van der Waals surface area contributed by atoms with Gasteiger partial charge in [0.05, 0.1) is 24.1 Å². The van der Waals surface area contributed by atoms with Gasteiger partial charge < -0.3 is 9.47 Å². The number of rotatable bonds is 10. The summed E-state index contributed by atoms with van der Waals surface area (Å²) >= 11 is 0. The Kier molecular flexibility index (Phi) is 6.75. The lowest BCUT2D eigenvalue weighted by Gasteiger charge is -2.19. The maximum absolute atomic E-state index is 12.9. The number of methoxy groups -OCH3 is 1. The summed E-state index contributed by atoms with van der Waals surface area (Å²) in [4.78, 5) is 4.07. The van der Waals surface area contributed by atoms with Crippen LogP contribution in [0.25, 0.3) is 0 Å². The first-order valence-electron chi connectivity index (χ1n) is 8.70. The van der Waals surface area contributed by atoms with E-state index in [-0.39, 0.29) is 4.90 Å². The number of nitrogens with one attached hydrogen (secondary N) is 1. The van der Waals surface area contributed by atoms with Gasteiger partial charge in [-0.05, 0) is 29.8 Å². The average Bonchev–Trinajstić information content (AvgIpc) is 3.22. The monoisotopic (exact) mass is 402 g/mol. The second-order valence-electron chi connectivity index (χ2n) is 6.01. The van der Waals surface area contributed by atoms with Crippen LogP contribution >= 0.6 is 0 Å². The molecule has 0 spiro atoms. The molecule has 28 heavy (non-hydrogen) atoms. The van der Waals surface area contributed by atoms with Crippen molar-refractivity contribution in [3.8, 4) is 5.75 Å². The molecule has 0 saturated carbocycles. The third-order valence-corrected chi connectivity index (χ3v) is 5.51. The van der Waals surface area contributed by atoms with Gasteiger partial charge in [-0.2, -0.15) is 5.10 Å². The predicted octanol–water partition coefficient (Wildman–Crippen LogP) is 2.02. The fourth-order valence-electron chi connectivity index (χ4n) is 2.62. The molecule has 1 N–H and O–H groups in total. The minimum Gasteiger partial charge on any atom is -0.491 e. The van der Waals surface area contributed by atoms with Gasteiger partial charge in [0.25, 0.3) is 0 Å². The van der Waals surface area contributed by atoms with Gasteiger partial charge in [0.15, 0.2) is 0 Å². The Hall–Kier alpha value is -2.75. The molecular formula is C19H22N4O4S. The molecule has 3 rings (SSSR count). The summed E-state index contributed by atoms with van der Waals surface area (Å²) in [5, 5.41) is 4.08. The van der Waals surface area contributed by atoms with Crippen molar-refractivity contribution in [3.63, 3.8) is 0 Å². The van der Waals surface area contributed by atoms with Crippen LogP contribution in [0.3, 0.4) is 0 Å². The summed E-state index contributed by atoms with van der Waals surface area (Å²) in [5.74, 6) is 0.582. The Morgan fingerprint density at radius 3 is 2.46 bits per heavy atom. The normalized spacial score (nSPS) is 12.6. The third-order valence-electron chi connectivity index (χ3n) is 4.03. The van der Waals surface area contributed by atoms with E-state index in [2.05, 4.69) is 14.8 Å². The highest BCUT2D eigenvalue weighted by molar-refractivity contribution is 7.89. The van der Waals surface area contributed by atoms with Gasteiger partial charge in [0, 0.05) is 7.11 Å². The molecule has 0 saturated heterocycles. The lowest BCUT2D eigenvalue weighted by atomic mass is 10.1. The van der Waals surface area contributed by atoms with Crippen LogP contribution in [0, 0.1) is 0 Å². The van der Waals surface area contributed by atoms with Crippen LogP contribution < -0.4 is 9.46 Å². The quantitative estimate of drug-likeness (QED) is 0.522. The largest absolute Gasteiger partial charge is 0.491 e. The van der Waals surface area contributed by atoms with Gasteiger partial charge in [-0.1, -0.05) is 30.3 Å². The summed E-state index contributed by atoms with van der Waals surface area (Å²) < 4.78 is 40.6. The first-order valence-corrected chi connectivity index (χ1v) is 10.2. The molecule has 1 aromatic heterocycles. The molecule has 1 atom stereocenters. The first-order chi connectivity index (χ1) is 13.6. The fraction of sp³-hybridized carbons (Fsp3) is 0.263. The Morgan fingerprint density at radius 2 is 1.82 bits per heavy atom. The molecule has 0 radical (unpaired) electrons. The van der Waals surface area contributed by atoms with Crippen LogP contribution in [0.1, 0.15) is 11.6 Å². The van der Waals surface area contributed by atoms with E-state index in [0.29, 0.717) is 25.5 Å².